The molecule has 2 rings (SSSR count). The first-order valence-electron chi connectivity index (χ1n) is 5.63. The minimum Gasteiger partial charge on any atom is -0.506 e. The fourth-order valence-electron chi connectivity index (χ4n) is 1.70. The molecule has 2 aromatic carbocycles. The highest BCUT2D eigenvalue weighted by Crippen LogP contribution is 2.31. The highest BCUT2D eigenvalue weighted by Gasteiger charge is 2.14. The van der Waals surface area contributed by atoms with Gasteiger partial charge in [-0.1, -0.05) is 39.7 Å². The highest BCUT2D eigenvalue weighted by atomic mass is 79.9. The van der Waals surface area contributed by atoms with E-state index in [4.69, 9.17) is 11.6 Å². The zero-order valence-corrected chi connectivity index (χ0v) is 12.5. The van der Waals surface area contributed by atoms with Gasteiger partial charge in [0.15, 0.2) is 0 Å². The Morgan fingerprint density at radius 3 is 2.80 bits per heavy atom. The lowest BCUT2D eigenvalue weighted by atomic mass is 10.2. The van der Waals surface area contributed by atoms with E-state index in [2.05, 4.69) is 21.2 Å². The molecule has 0 amide bonds. The Balaban J connectivity index is 2.23. The highest BCUT2D eigenvalue weighted by molar-refractivity contribution is 9.10. The van der Waals surface area contributed by atoms with Crippen LogP contribution in [0, 0.1) is 10.1 Å². The maximum atomic E-state index is 11.0. The van der Waals surface area contributed by atoms with Gasteiger partial charge in [0.1, 0.15) is 11.4 Å². The Bertz CT molecular complexity index is 664. The van der Waals surface area contributed by atoms with Gasteiger partial charge in [0.2, 0.25) is 0 Å². The summed E-state index contributed by atoms with van der Waals surface area (Å²) in [7, 11) is 0. The average Bonchev–Trinajstić information content (AvgIpc) is 2.41. The number of nitrogens with zero attached hydrogens (tertiary/aromatic N) is 1. The number of nitro groups is 1. The number of benzene rings is 2. The second kappa shape index (κ2) is 6.11. The molecule has 0 aliphatic rings. The molecule has 0 heterocycles. The third kappa shape index (κ3) is 3.20. The van der Waals surface area contributed by atoms with Crippen molar-refractivity contribution in [3.8, 4) is 5.75 Å². The van der Waals surface area contributed by atoms with E-state index < -0.39 is 4.92 Å². The van der Waals surface area contributed by atoms with Crippen LogP contribution in [0.5, 0.6) is 5.75 Å². The molecule has 7 heteroatoms. The van der Waals surface area contributed by atoms with Crippen LogP contribution in [0.3, 0.4) is 0 Å². The normalized spacial score (nSPS) is 10.3. The predicted molar refractivity (Wildman–Crippen MR) is 81.2 cm³/mol. The van der Waals surface area contributed by atoms with Gasteiger partial charge in [0.25, 0.3) is 5.69 Å². The SMILES string of the molecule is O=[N+]([O-])c1cc(Br)ccc1NCc1cccc(Cl)c1O. The Hall–Kier alpha value is -1.79. The van der Waals surface area contributed by atoms with Crippen molar-refractivity contribution in [2.45, 2.75) is 6.54 Å². The number of hydrogen-bond acceptors (Lipinski definition) is 4. The molecule has 104 valence electrons. The van der Waals surface area contributed by atoms with Crippen molar-refractivity contribution in [3.63, 3.8) is 0 Å². The first kappa shape index (κ1) is 14.6. The number of aromatic hydroxyl groups is 1. The van der Waals surface area contributed by atoms with E-state index in [1.54, 1.807) is 30.3 Å². The summed E-state index contributed by atoms with van der Waals surface area (Å²) in [4.78, 5) is 10.5. The fourth-order valence-corrected chi connectivity index (χ4v) is 2.24. The van der Waals surface area contributed by atoms with Crippen LogP contribution in [-0.4, -0.2) is 10.0 Å². The van der Waals surface area contributed by atoms with Crippen molar-refractivity contribution in [3.05, 3.63) is 61.6 Å². The predicted octanol–water partition coefficient (Wildman–Crippen LogP) is 4.33. The van der Waals surface area contributed by atoms with E-state index >= 15 is 0 Å². The maximum absolute atomic E-state index is 11.0. The van der Waals surface area contributed by atoms with Crippen molar-refractivity contribution >= 4 is 38.9 Å². The number of anilines is 1. The summed E-state index contributed by atoms with van der Waals surface area (Å²) in [5, 5.41) is 23.9. The van der Waals surface area contributed by atoms with Gasteiger partial charge in [-0.15, -0.1) is 0 Å². The molecular weight excluding hydrogens is 348 g/mol. The second-order valence-electron chi connectivity index (χ2n) is 4.02. The number of phenols is 1. The van der Waals surface area contributed by atoms with Gasteiger partial charge in [-0.25, -0.2) is 0 Å². The third-order valence-corrected chi connectivity index (χ3v) is 3.49. The van der Waals surface area contributed by atoms with Crippen LogP contribution in [0.25, 0.3) is 0 Å². The van der Waals surface area contributed by atoms with Crippen LogP contribution in [0.2, 0.25) is 5.02 Å². The summed E-state index contributed by atoms with van der Waals surface area (Å²) in [6.07, 6.45) is 0. The summed E-state index contributed by atoms with van der Waals surface area (Å²) >= 11 is 9.00. The lowest BCUT2D eigenvalue weighted by Crippen LogP contribution is -2.03. The van der Waals surface area contributed by atoms with Crippen molar-refractivity contribution in [1.82, 2.24) is 0 Å². The van der Waals surface area contributed by atoms with Crippen LogP contribution in [0.15, 0.2) is 40.9 Å². The van der Waals surface area contributed by atoms with Crippen molar-refractivity contribution in [1.29, 1.82) is 0 Å². The number of hydrogen-bond donors (Lipinski definition) is 2. The molecule has 0 saturated heterocycles. The van der Waals surface area contributed by atoms with E-state index in [1.807, 2.05) is 0 Å². The summed E-state index contributed by atoms with van der Waals surface area (Å²) in [5.74, 6) is -0.0265. The summed E-state index contributed by atoms with van der Waals surface area (Å²) in [6.45, 7) is 0.231. The van der Waals surface area contributed by atoms with Crippen molar-refractivity contribution in [2.24, 2.45) is 0 Å². The molecule has 0 bridgehead atoms. The van der Waals surface area contributed by atoms with Crippen molar-refractivity contribution < 1.29 is 10.0 Å². The maximum Gasteiger partial charge on any atom is 0.293 e. The van der Waals surface area contributed by atoms with Gasteiger partial charge in [0.05, 0.1) is 9.95 Å². The number of phenolic OH excluding ortho intramolecular Hbond substituents is 1. The van der Waals surface area contributed by atoms with E-state index in [0.29, 0.717) is 15.7 Å². The molecule has 5 nitrogen and oxygen atoms in total. The van der Waals surface area contributed by atoms with E-state index in [-0.39, 0.29) is 23.0 Å². The van der Waals surface area contributed by atoms with E-state index in [9.17, 15) is 15.2 Å². The Kier molecular flexibility index (Phi) is 4.46. The third-order valence-electron chi connectivity index (χ3n) is 2.70. The molecule has 0 saturated carbocycles. The topological polar surface area (TPSA) is 75.4 Å². The number of halogens is 2. The van der Waals surface area contributed by atoms with Crippen LogP contribution in [-0.2, 0) is 6.54 Å². The van der Waals surface area contributed by atoms with E-state index in [1.165, 1.54) is 6.07 Å². The zero-order chi connectivity index (χ0) is 14.7. The molecule has 0 aliphatic heterocycles. The van der Waals surface area contributed by atoms with Crippen LogP contribution in [0.4, 0.5) is 11.4 Å². The number of rotatable bonds is 4. The molecule has 2 N–H and O–H groups in total. The summed E-state index contributed by atoms with van der Waals surface area (Å²) < 4.78 is 0.625. The summed E-state index contributed by atoms with van der Waals surface area (Å²) in [5.41, 5.74) is 0.896. The van der Waals surface area contributed by atoms with Gasteiger partial charge in [-0.2, -0.15) is 0 Å². The molecule has 20 heavy (non-hydrogen) atoms. The molecule has 0 aromatic heterocycles. The molecule has 0 spiro atoms. The number of para-hydroxylation sites is 1. The number of nitro benzene ring substituents is 1. The van der Waals surface area contributed by atoms with Crippen LogP contribution < -0.4 is 5.32 Å². The minimum atomic E-state index is -0.467. The molecule has 2 aromatic rings. The molecule has 0 radical (unpaired) electrons. The van der Waals surface area contributed by atoms with Gasteiger partial charge in [-0.3, -0.25) is 10.1 Å². The molecule has 0 fully saturated rings. The standard InChI is InChI=1S/C13H10BrClN2O3/c14-9-4-5-11(12(6-9)17(19)20)16-7-8-2-1-3-10(15)13(8)18/h1-6,16,18H,7H2. The van der Waals surface area contributed by atoms with Gasteiger partial charge >= 0.3 is 0 Å². The fraction of sp³-hybridized carbons (Fsp3) is 0.0769. The zero-order valence-electron chi connectivity index (χ0n) is 10.1. The average molecular weight is 358 g/mol. The minimum absolute atomic E-state index is 0.0265. The Labute approximate surface area is 128 Å². The molecular formula is C13H10BrClN2O3. The van der Waals surface area contributed by atoms with Gasteiger partial charge < -0.3 is 10.4 Å². The monoisotopic (exact) mass is 356 g/mol. The smallest absolute Gasteiger partial charge is 0.293 e. The molecule has 0 unspecified atom stereocenters. The Morgan fingerprint density at radius 2 is 2.10 bits per heavy atom. The van der Waals surface area contributed by atoms with Crippen LogP contribution >= 0.6 is 27.5 Å². The van der Waals surface area contributed by atoms with Gasteiger partial charge in [-0.05, 0) is 18.2 Å². The Morgan fingerprint density at radius 1 is 1.35 bits per heavy atom. The second-order valence-corrected chi connectivity index (χ2v) is 5.34. The lowest BCUT2D eigenvalue weighted by molar-refractivity contribution is -0.384. The van der Waals surface area contributed by atoms with Gasteiger partial charge in [0, 0.05) is 22.6 Å². The molecule has 0 atom stereocenters. The first-order valence-corrected chi connectivity index (χ1v) is 6.80. The largest absolute Gasteiger partial charge is 0.506 e. The lowest BCUT2D eigenvalue weighted by Gasteiger charge is -2.09. The van der Waals surface area contributed by atoms with E-state index in [0.717, 1.165) is 0 Å². The quantitative estimate of drug-likeness (QED) is 0.631. The molecule has 0 aliphatic carbocycles. The summed E-state index contributed by atoms with van der Waals surface area (Å²) in [6, 6.07) is 9.69. The van der Waals surface area contributed by atoms with Crippen molar-refractivity contribution in [2.75, 3.05) is 5.32 Å². The first-order chi connectivity index (χ1) is 9.49. The van der Waals surface area contributed by atoms with Crippen LogP contribution in [0.1, 0.15) is 5.56 Å². The number of nitrogens with one attached hydrogen (secondary N) is 1.